The summed E-state index contributed by atoms with van der Waals surface area (Å²) in [6.45, 7) is 1.99. The number of fused-ring (bicyclic) bond motifs is 1. The van der Waals surface area contributed by atoms with Crippen molar-refractivity contribution in [1.29, 1.82) is 0 Å². The van der Waals surface area contributed by atoms with Crippen molar-refractivity contribution < 1.29 is 22.6 Å². The van der Waals surface area contributed by atoms with Crippen molar-refractivity contribution in [3.05, 3.63) is 0 Å². The Balaban J connectivity index is 1.89. The van der Waals surface area contributed by atoms with Crippen LogP contribution in [-0.4, -0.2) is 24.7 Å². The lowest BCUT2D eigenvalue weighted by molar-refractivity contribution is -0.345. The Hall–Kier alpha value is -0.290. The number of hydrogen-bond donors (Lipinski definition) is 0. The molecule has 0 spiro atoms. The third-order valence-corrected chi connectivity index (χ3v) is 2.68. The van der Waals surface area contributed by atoms with Gasteiger partial charge in [-0.2, -0.15) is 0 Å². The molecule has 13 heavy (non-hydrogen) atoms. The van der Waals surface area contributed by atoms with Gasteiger partial charge in [-0.05, 0) is 18.8 Å². The minimum Gasteiger partial charge on any atom is -0.366 e. The molecule has 0 aromatic carbocycles. The molecule has 2 rings (SSSR count). The lowest BCUT2D eigenvalue weighted by Crippen LogP contribution is -2.33. The summed E-state index contributed by atoms with van der Waals surface area (Å²) in [6, 6.07) is 0. The van der Waals surface area contributed by atoms with Gasteiger partial charge in [-0.3, -0.25) is 4.74 Å². The summed E-state index contributed by atoms with van der Waals surface area (Å²) in [5, 5.41) is 0. The lowest BCUT2D eigenvalue weighted by atomic mass is 9.89. The first kappa shape index (κ1) is 9.27. The fraction of sp³-hybridized carbons (Fsp3) is 1.00. The maximum atomic E-state index is 11.9. The Labute approximate surface area is 74.0 Å². The molecule has 0 radical (unpaired) electrons. The summed E-state index contributed by atoms with van der Waals surface area (Å²) in [4.78, 5) is 0. The van der Waals surface area contributed by atoms with E-state index < -0.39 is 12.5 Å². The molecule has 4 unspecified atom stereocenters. The van der Waals surface area contributed by atoms with Crippen LogP contribution in [0.1, 0.15) is 19.8 Å². The van der Waals surface area contributed by atoms with E-state index in [1.54, 1.807) is 0 Å². The van der Waals surface area contributed by atoms with Crippen LogP contribution in [0.25, 0.3) is 0 Å². The number of halogens is 3. The van der Waals surface area contributed by atoms with Crippen LogP contribution in [0, 0.1) is 5.92 Å². The van der Waals surface area contributed by atoms with E-state index in [0.717, 1.165) is 6.42 Å². The molecule has 1 saturated carbocycles. The minimum absolute atomic E-state index is 0.00102. The van der Waals surface area contributed by atoms with Gasteiger partial charge in [-0.1, -0.05) is 6.92 Å². The number of ether oxygens (including phenoxy) is 2. The van der Waals surface area contributed by atoms with Crippen LogP contribution in [0.4, 0.5) is 13.2 Å². The second-order valence-electron chi connectivity index (χ2n) is 3.72. The summed E-state index contributed by atoms with van der Waals surface area (Å²) in [7, 11) is 0. The van der Waals surface area contributed by atoms with Gasteiger partial charge in [-0.15, -0.1) is 13.2 Å². The van der Waals surface area contributed by atoms with E-state index in [1.807, 2.05) is 6.92 Å². The van der Waals surface area contributed by atoms with Gasteiger partial charge in [0.2, 0.25) is 0 Å². The summed E-state index contributed by atoms with van der Waals surface area (Å²) in [6.07, 6.45) is -4.42. The SMILES string of the molecule is CC1CCC(OC(F)(F)F)C2OC12. The minimum atomic E-state index is -4.53. The molecule has 1 heterocycles. The molecular weight excluding hydrogens is 185 g/mol. The van der Waals surface area contributed by atoms with Gasteiger partial charge in [-0.25, -0.2) is 0 Å². The number of alkyl halides is 3. The highest BCUT2D eigenvalue weighted by molar-refractivity contribution is 4.99. The molecule has 0 amide bonds. The molecule has 4 atom stereocenters. The summed E-state index contributed by atoms with van der Waals surface area (Å²) >= 11 is 0. The van der Waals surface area contributed by atoms with Crippen molar-refractivity contribution in [3.63, 3.8) is 0 Å². The molecule has 1 saturated heterocycles. The molecule has 2 nitrogen and oxygen atoms in total. The van der Waals surface area contributed by atoms with Crippen LogP contribution in [0.3, 0.4) is 0 Å². The first-order chi connectivity index (χ1) is 5.97. The van der Waals surface area contributed by atoms with E-state index in [4.69, 9.17) is 4.74 Å². The molecule has 0 N–H and O–H groups in total. The predicted octanol–water partition coefficient (Wildman–Crippen LogP) is 2.09. The zero-order chi connectivity index (χ0) is 9.64. The van der Waals surface area contributed by atoms with E-state index in [1.165, 1.54) is 0 Å². The highest BCUT2D eigenvalue weighted by atomic mass is 19.4. The Kier molecular flexibility index (Phi) is 2.03. The van der Waals surface area contributed by atoms with Gasteiger partial charge in [0, 0.05) is 0 Å². The third kappa shape index (κ3) is 1.96. The van der Waals surface area contributed by atoms with Crippen molar-refractivity contribution in [3.8, 4) is 0 Å². The number of epoxide rings is 1. The Morgan fingerprint density at radius 2 is 1.92 bits per heavy atom. The number of rotatable bonds is 1. The van der Waals surface area contributed by atoms with Crippen LogP contribution >= 0.6 is 0 Å². The first-order valence-electron chi connectivity index (χ1n) is 4.37. The van der Waals surface area contributed by atoms with Gasteiger partial charge >= 0.3 is 6.36 Å². The largest absolute Gasteiger partial charge is 0.522 e. The van der Waals surface area contributed by atoms with E-state index in [0.29, 0.717) is 12.3 Å². The third-order valence-electron chi connectivity index (χ3n) is 2.68. The van der Waals surface area contributed by atoms with Crippen LogP contribution < -0.4 is 0 Å². The van der Waals surface area contributed by atoms with Crippen molar-refractivity contribution in [2.24, 2.45) is 5.92 Å². The highest BCUT2D eigenvalue weighted by Gasteiger charge is 2.54. The predicted molar refractivity (Wildman–Crippen MR) is 38.0 cm³/mol. The summed E-state index contributed by atoms with van der Waals surface area (Å²) in [5.74, 6) is 0.373. The van der Waals surface area contributed by atoms with Crippen LogP contribution in [0.2, 0.25) is 0 Å². The standard InChI is InChI=1S/C8H11F3O2/c1-4-2-3-5(7-6(4)12-7)13-8(9,10)11/h4-7H,2-3H2,1H3. The smallest absolute Gasteiger partial charge is 0.366 e. The van der Waals surface area contributed by atoms with E-state index in [9.17, 15) is 13.2 Å². The Morgan fingerprint density at radius 3 is 2.54 bits per heavy atom. The average molecular weight is 196 g/mol. The molecule has 2 aliphatic rings. The molecule has 2 fully saturated rings. The molecule has 0 bridgehead atoms. The fourth-order valence-corrected chi connectivity index (χ4v) is 1.95. The van der Waals surface area contributed by atoms with Gasteiger partial charge in [0.05, 0.1) is 12.2 Å². The van der Waals surface area contributed by atoms with Gasteiger partial charge in [0.1, 0.15) is 6.10 Å². The topological polar surface area (TPSA) is 21.8 Å². The molecule has 1 aliphatic heterocycles. The molecule has 76 valence electrons. The fourth-order valence-electron chi connectivity index (χ4n) is 1.95. The molecule has 5 heteroatoms. The van der Waals surface area contributed by atoms with E-state index in [-0.39, 0.29) is 12.2 Å². The summed E-state index contributed by atoms with van der Waals surface area (Å²) in [5.41, 5.74) is 0. The summed E-state index contributed by atoms with van der Waals surface area (Å²) < 4.78 is 44.6. The zero-order valence-electron chi connectivity index (χ0n) is 7.17. The normalized spacial score (nSPS) is 44.3. The zero-order valence-corrected chi connectivity index (χ0v) is 7.17. The first-order valence-corrected chi connectivity index (χ1v) is 4.37. The molecule has 1 aliphatic carbocycles. The van der Waals surface area contributed by atoms with Gasteiger partial charge < -0.3 is 4.74 Å². The van der Waals surface area contributed by atoms with Crippen LogP contribution in [0.15, 0.2) is 0 Å². The highest BCUT2D eigenvalue weighted by Crippen LogP contribution is 2.43. The number of hydrogen-bond acceptors (Lipinski definition) is 2. The molecule has 0 aromatic heterocycles. The van der Waals surface area contributed by atoms with Gasteiger partial charge in [0.25, 0.3) is 0 Å². The Morgan fingerprint density at radius 1 is 1.23 bits per heavy atom. The monoisotopic (exact) mass is 196 g/mol. The van der Waals surface area contributed by atoms with Gasteiger partial charge in [0.15, 0.2) is 0 Å². The van der Waals surface area contributed by atoms with Crippen LogP contribution in [0.5, 0.6) is 0 Å². The van der Waals surface area contributed by atoms with Crippen molar-refractivity contribution in [1.82, 2.24) is 0 Å². The molecule has 0 aromatic rings. The second-order valence-corrected chi connectivity index (χ2v) is 3.72. The second kappa shape index (κ2) is 2.85. The van der Waals surface area contributed by atoms with Crippen molar-refractivity contribution >= 4 is 0 Å². The van der Waals surface area contributed by atoms with Crippen molar-refractivity contribution in [2.75, 3.05) is 0 Å². The maximum Gasteiger partial charge on any atom is 0.522 e. The van der Waals surface area contributed by atoms with Crippen LogP contribution in [-0.2, 0) is 9.47 Å². The average Bonchev–Trinajstić information content (AvgIpc) is 2.71. The lowest BCUT2D eigenvalue weighted by Gasteiger charge is -2.23. The van der Waals surface area contributed by atoms with Crippen molar-refractivity contribution in [2.45, 2.75) is 44.4 Å². The quantitative estimate of drug-likeness (QED) is 0.599. The molecular formula is C8H11F3O2. The van der Waals surface area contributed by atoms with E-state index in [2.05, 4.69) is 4.74 Å². The maximum absolute atomic E-state index is 11.9. The Bertz CT molecular complexity index is 204. The van der Waals surface area contributed by atoms with E-state index >= 15 is 0 Å².